The first-order valence-electron chi connectivity index (χ1n) is 6.10. The molecular formula is C12H15ClN4OS. The molecule has 0 unspecified atom stereocenters. The number of nitrogens with one attached hydrogen (secondary N) is 1. The monoisotopic (exact) mass is 298 g/mol. The van der Waals surface area contributed by atoms with Gasteiger partial charge in [-0.1, -0.05) is 24.9 Å². The van der Waals surface area contributed by atoms with Gasteiger partial charge < -0.3 is 5.32 Å². The number of aromatic nitrogens is 3. The lowest BCUT2D eigenvalue weighted by Gasteiger charge is -2.09. The lowest BCUT2D eigenvalue weighted by Crippen LogP contribution is -2.24. The summed E-state index contributed by atoms with van der Waals surface area (Å²) < 4.78 is 1.40. The molecule has 0 saturated heterocycles. The van der Waals surface area contributed by atoms with E-state index in [1.807, 2.05) is 5.38 Å². The van der Waals surface area contributed by atoms with Gasteiger partial charge in [0.1, 0.15) is 10.0 Å². The van der Waals surface area contributed by atoms with E-state index in [2.05, 4.69) is 22.3 Å². The summed E-state index contributed by atoms with van der Waals surface area (Å²) in [6, 6.07) is 0. The number of anilines is 1. The van der Waals surface area contributed by atoms with Gasteiger partial charge in [-0.15, -0.1) is 11.3 Å². The Bertz CT molecular complexity index is 582. The van der Waals surface area contributed by atoms with E-state index in [0.29, 0.717) is 18.8 Å². The number of unbranched alkanes of at least 4 members (excludes halogenated alkanes) is 1. The van der Waals surface area contributed by atoms with Crippen molar-refractivity contribution < 1.29 is 0 Å². The summed E-state index contributed by atoms with van der Waals surface area (Å²) in [7, 11) is 0. The van der Waals surface area contributed by atoms with Crippen LogP contribution in [0.4, 0.5) is 5.69 Å². The summed E-state index contributed by atoms with van der Waals surface area (Å²) >= 11 is 7.61. The molecule has 0 fully saturated rings. The Morgan fingerprint density at radius 1 is 1.53 bits per heavy atom. The van der Waals surface area contributed by atoms with Gasteiger partial charge in [-0.05, 0) is 6.42 Å². The van der Waals surface area contributed by atoms with Crippen LogP contribution in [-0.2, 0) is 13.1 Å². The first-order chi connectivity index (χ1) is 9.22. The fraction of sp³-hybridized carbons (Fsp3) is 0.417. The van der Waals surface area contributed by atoms with E-state index in [1.165, 1.54) is 4.68 Å². The molecule has 0 aromatic carbocycles. The highest BCUT2D eigenvalue weighted by Gasteiger charge is 2.09. The molecule has 0 atom stereocenters. The standard InChI is InChI=1S/C12H15ClN4OS/c1-2-3-5-17-12(18)11(13)9(7-16-17)15-8-10-14-4-6-19-10/h4,6-7,15H,2-3,5,8H2,1H3. The van der Waals surface area contributed by atoms with Crippen LogP contribution in [0, 0.1) is 0 Å². The van der Waals surface area contributed by atoms with Crippen LogP contribution in [0.5, 0.6) is 0 Å². The second kappa shape index (κ2) is 6.68. The molecule has 2 aromatic rings. The van der Waals surface area contributed by atoms with Gasteiger partial charge in [0, 0.05) is 18.1 Å². The molecule has 2 heterocycles. The molecular weight excluding hydrogens is 284 g/mol. The van der Waals surface area contributed by atoms with Gasteiger partial charge in [0.05, 0.1) is 18.4 Å². The Morgan fingerprint density at radius 2 is 2.37 bits per heavy atom. The van der Waals surface area contributed by atoms with Crippen LogP contribution in [0.15, 0.2) is 22.6 Å². The van der Waals surface area contributed by atoms with Crippen LogP contribution in [0.2, 0.25) is 5.02 Å². The zero-order valence-corrected chi connectivity index (χ0v) is 12.2. The number of thiazole rings is 1. The van der Waals surface area contributed by atoms with Crippen molar-refractivity contribution in [1.29, 1.82) is 0 Å². The first kappa shape index (κ1) is 14.0. The molecule has 0 spiro atoms. The van der Waals surface area contributed by atoms with E-state index in [0.717, 1.165) is 17.8 Å². The number of rotatable bonds is 6. The summed E-state index contributed by atoms with van der Waals surface area (Å²) in [6.07, 6.45) is 5.25. The normalized spacial score (nSPS) is 10.6. The summed E-state index contributed by atoms with van der Waals surface area (Å²) in [5.41, 5.74) is 0.300. The van der Waals surface area contributed by atoms with Crippen LogP contribution in [0.3, 0.4) is 0 Å². The topological polar surface area (TPSA) is 59.8 Å². The highest BCUT2D eigenvalue weighted by Crippen LogP contribution is 2.17. The van der Waals surface area contributed by atoms with Gasteiger partial charge in [-0.25, -0.2) is 9.67 Å². The van der Waals surface area contributed by atoms with Crippen LogP contribution in [-0.4, -0.2) is 14.8 Å². The van der Waals surface area contributed by atoms with Crippen molar-refractivity contribution in [2.24, 2.45) is 0 Å². The van der Waals surface area contributed by atoms with E-state index in [4.69, 9.17) is 11.6 Å². The highest BCUT2D eigenvalue weighted by molar-refractivity contribution is 7.09. The van der Waals surface area contributed by atoms with Gasteiger partial charge >= 0.3 is 0 Å². The molecule has 0 aliphatic heterocycles. The second-order valence-corrected chi connectivity index (χ2v) is 5.39. The summed E-state index contributed by atoms with van der Waals surface area (Å²) in [5.74, 6) is 0. The molecule has 19 heavy (non-hydrogen) atoms. The van der Waals surface area contributed by atoms with Gasteiger partial charge in [-0.3, -0.25) is 4.79 Å². The quantitative estimate of drug-likeness (QED) is 0.891. The molecule has 0 bridgehead atoms. The average Bonchev–Trinajstić information content (AvgIpc) is 2.92. The van der Waals surface area contributed by atoms with Crippen LogP contribution in [0.1, 0.15) is 24.8 Å². The van der Waals surface area contributed by atoms with Crippen molar-refractivity contribution in [3.8, 4) is 0 Å². The molecule has 102 valence electrons. The third kappa shape index (κ3) is 3.54. The van der Waals surface area contributed by atoms with E-state index < -0.39 is 0 Å². The van der Waals surface area contributed by atoms with Gasteiger partial charge in [-0.2, -0.15) is 5.10 Å². The molecule has 0 saturated carbocycles. The summed E-state index contributed by atoms with van der Waals surface area (Å²) in [6.45, 7) is 3.20. The molecule has 0 aliphatic rings. The van der Waals surface area contributed by atoms with Crippen molar-refractivity contribution in [2.75, 3.05) is 5.32 Å². The van der Waals surface area contributed by atoms with E-state index in [-0.39, 0.29) is 10.6 Å². The Labute approximate surface area is 120 Å². The van der Waals surface area contributed by atoms with Crippen molar-refractivity contribution in [2.45, 2.75) is 32.9 Å². The van der Waals surface area contributed by atoms with Crippen molar-refractivity contribution in [3.05, 3.63) is 38.2 Å². The zero-order chi connectivity index (χ0) is 13.7. The van der Waals surface area contributed by atoms with Crippen molar-refractivity contribution >= 4 is 28.6 Å². The largest absolute Gasteiger partial charge is 0.376 e. The maximum absolute atomic E-state index is 12.0. The lowest BCUT2D eigenvalue weighted by atomic mass is 10.3. The third-order valence-corrected chi connectivity index (χ3v) is 3.77. The number of nitrogens with zero attached hydrogens (tertiary/aromatic N) is 3. The number of halogens is 1. The highest BCUT2D eigenvalue weighted by atomic mass is 35.5. The fourth-order valence-corrected chi connectivity index (χ4v) is 2.34. The third-order valence-electron chi connectivity index (χ3n) is 2.62. The zero-order valence-electron chi connectivity index (χ0n) is 10.6. The Kier molecular flexibility index (Phi) is 4.93. The molecule has 1 N–H and O–H groups in total. The summed E-state index contributed by atoms with van der Waals surface area (Å²) in [5, 5.41) is 10.2. The number of aryl methyl sites for hydroxylation is 1. The Balaban J connectivity index is 2.09. The van der Waals surface area contributed by atoms with Gasteiger partial charge in [0.15, 0.2) is 0 Å². The number of hydrogen-bond acceptors (Lipinski definition) is 5. The SMILES string of the molecule is CCCCn1ncc(NCc2nccs2)c(Cl)c1=O. The molecule has 0 radical (unpaired) electrons. The minimum atomic E-state index is -0.251. The molecule has 0 aliphatic carbocycles. The van der Waals surface area contributed by atoms with Crippen LogP contribution in [0.25, 0.3) is 0 Å². The molecule has 5 nitrogen and oxygen atoms in total. The maximum atomic E-state index is 12.0. The maximum Gasteiger partial charge on any atom is 0.287 e. The van der Waals surface area contributed by atoms with Crippen LogP contribution < -0.4 is 10.9 Å². The van der Waals surface area contributed by atoms with E-state index in [9.17, 15) is 4.79 Å². The van der Waals surface area contributed by atoms with E-state index in [1.54, 1.807) is 23.7 Å². The number of hydrogen-bond donors (Lipinski definition) is 1. The molecule has 0 amide bonds. The van der Waals surface area contributed by atoms with Gasteiger partial charge in [0.2, 0.25) is 0 Å². The van der Waals surface area contributed by atoms with E-state index >= 15 is 0 Å². The fourth-order valence-electron chi connectivity index (χ4n) is 1.57. The second-order valence-electron chi connectivity index (χ2n) is 4.03. The predicted molar refractivity (Wildman–Crippen MR) is 77.9 cm³/mol. The summed E-state index contributed by atoms with van der Waals surface area (Å²) in [4.78, 5) is 16.1. The first-order valence-corrected chi connectivity index (χ1v) is 7.36. The molecule has 7 heteroatoms. The minimum absolute atomic E-state index is 0.183. The van der Waals surface area contributed by atoms with Crippen molar-refractivity contribution in [1.82, 2.24) is 14.8 Å². The molecule has 2 aromatic heterocycles. The Morgan fingerprint density at radius 3 is 3.05 bits per heavy atom. The van der Waals surface area contributed by atoms with Crippen LogP contribution >= 0.6 is 22.9 Å². The average molecular weight is 299 g/mol. The molecule has 2 rings (SSSR count). The Hall–Kier alpha value is -1.40. The lowest BCUT2D eigenvalue weighted by molar-refractivity contribution is 0.543. The van der Waals surface area contributed by atoms with Crippen molar-refractivity contribution in [3.63, 3.8) is 0 Å². The predicted octanol–water partition coefficient (Wildman–Crippen LogP) is 2.77. The minimum Gasteiger partial charge on any atom is -0.376 e. The smallest absolute Gasteiger partial charge is 0.287 e. The van der Waals surface area contributed by atoms with Gasteiger partial charge in [0.25, 0.3) is 5.56 Å².